The maximum Gasteiger partial charge on any atom is 0.104 e. The average molecular weight is 268 g/mol. The van der Waals surface area contributed by atoms with Gasteiger partial charge < -0.3 is 5.73 Å². The lowest BCUT2D eigenvalue weighted by Gasteiger charge is -2.03. The molecule has 0 unspecified atom stereocenters. The summed E-state index contributed by atoms with van der Waals surface area (Å²) in [5, 5.41) is 8.24. The van der Waals surface area contributed by atoms with E-state index in [1.807, 2.05) is 23.8 Å². The second-order valence-corrected chi connectivity index (χ2v) is 4.98. The summed E-state index contributed by atoms with van der Waals surface area (Å²) in [5.74, 6) is 0. The number of nitrogens with two attached hydrogens (primary N) is 1. The number of rotatable bonds is 5. The quantitative estimate of drug-likeness (QED) is 0.848. The van der Waals surface area contributed by atoms with Crippen LogP contribution in [-0.2, 0) is 13.1 Å². The molecule has 0 saturated heterocycles. The molecule has 2 aromatic rings. The van der Waals surface area contributed by atoms with Crippen molar-refractivity contribution in [2.45, 2.75) is 26.9 Å². The Hall–Kier alpha value is -2.20. The van der Waals surface area contributed by atoms with Crippen molar-refractivity contribution < 1.29 is 0 Å². The van der Waals surface area contributed by atoms with Crippen molar-refractivity contribution in [1.82, 2.24) is 15.0 Å². The molecule has 0 spiro atoms. The fraction of sp³-hybridized carbons (Fsp3) is 0.250. The fourth-order valence-corrected chi connectivity index (χ4v) is 1.91. The van der Waals surface area contributed by atoms with Gasteiger partial charge in [-0.25, -0.2) is 4.68 Å². The molecule has 0 amide bonds. The summed E-state index contributed by atoms with van der Waals surface area (Å²) in [6.07, 6.45) is 4.06. The van der Waals surface area contributed by atoms with Crippen LogP contribution in [0.5, 0.6) is 0 Å². The van der Waals surface area contributed by atoms with Gasteiger partial charge in [0.2, 0.25) is 0 Å². The van der Waals surface area contributed by atoms with Crippen LogP contribution in [-0.4, -0.2) is 15.0 Å². The summed E-state index contributed by atoms with van der Waals surface area (Å²) in [6, 6.07) is 8.35. The Morgan fingerprint density at radius 2 is 2.00 bits per heavy atom. The van der Waals surface area contributed by atoms with Crippen molar-refractivity contribution >= 4 is 12.2 Å². The van der Waals surface area contributed by atoms with E-state index in [1.54, 1.807) is 0 Å². The molecule has 1 heterocycles. The summed E-state index contributed by atoms with van der Waals surface area (Å²) in [5.41, 5.74) is 10.9. The molecule has 4 heteroatoms. The monoisotopic (exact) mass is 268 g/mol. The molecule has 0 aliphatic heterocycles. The van der Waals surface area contributed by atoms with Crippen LogP contribution < -0.4 is 5.73 Å². The van der Waals surface area contributed by atoms with Crippen LogP contribution in [0.2, 0.25) is 0 Å². The molecule has 0 radical (unpaired) electrons. The zero-order valence-electron chi connectivity index (χ0n) is 12.0. The normalized spacial score (nSPS) is 11.2. The molecule has 104 valence electrons. The SMILES string of the molecule is C=C(C)Cn1nnc(CN)c1/C=C/c1ccc(C)cc1. The van der Waals surface area contributed by atoms with E-state index in [4.69, 9.17) is 5.73 Å². The van der Waals surface area contributed by atoms with Crippen molar-refractivity contribution in [3.8, 4) is 0 Å². The highest BCUT2D eigenvalue weighted by molar-refractivity contribution is 5.69. The number of aromatic nitrogens is 3. The van der Waals surface area contributed by atoms with E-state index in [0.29, 0.717) is 13.1 Å². The summed E-state index contributed by atoms with van der Waals surface area (Å²) < 4.78 is 1.83. The highest BCUT2D eigenvalue weighted by atomic mass is 15.4. The number of hydrogen-bond acceptors (Lipinski definition) is 3. The Morgan fingerprint density at radius 1 is 1.30 bits per heavy atom. The topological polar surface area (TPSA) is 56.7 Å². The number of hydrogen-bond donors (Lipinski definition) is 1. The van der Waals surface area contributed by atoms with Crippen molar-refractivity contribution in [3.05, 3.63) is 58.9 Å². The third-order valence-corrected chi connectivity index (χ3v) is 2.97. The molecular formula is C16H20N4. The number of aryl methyl sites for hydroxylation is 1. The van der Waals surface area contributed by atoms with E-state index >= 15 is 0 Å². The predicted octanol–water partition coefficient (Wildman–Crippen LogP) is 2.79. The molecule has 4 nitrogen and oxygen atoms in total. The Morgan fingerprint density at radius 3 is 2.60 bits per heavy atom. The Labute approximate surface area is 119 Å². The predicted molar refractivity (Wildman–Crippen MR) is 82.8 cm³/mol. The molecule has 1 aromatic heterocycles. The molecule has 2 rings (SSSR count). The van der Waals surface area contributed by atoms with E-state index in [1.165, 1.54) is 5.56 Å². The first kappa shape index (κ1) is 14.2. The highest BCUT2D eigenvalue weighted by Gasteiger charge is 2.08. The van der Waals surface area contributed by atoms with Crippen molar-refractivity contribution in [2.24, 2.45) is 5.73 Å². The molecule has 0 atom stereocenters. The van der Waals surface area contributed by atoms with Gasteiger partial charge in [-0.15, -0.1) is 5.10 Å². The third-order valence-electron chi connectivity index (χ3n) is 2.97. The summed E-state index contributed by atoms with van der Waals surface area (Å²) in [4.78, 5) is 0. The first-order valence-electron chi connectivity index (χ1n) is 6.61. The molecule has 0 fully saturated rings. The van der Waals surface area contributed by atoms with E-state index in [2.05, 4.69) is 48.1 Å². The van der Waals surface area contributed by atoms with Crippen LogP contribution in [0.25, 0.3) is 12.2 Å². The number of allylic oxidation sites excluding steroid dienone is 1. The summed E-state index contributed by atoms with van der Waals surface area (Å²) >= 11 is 0. The van der Waals surface area contributed by atoms with E-state index in [9.17, 15) is 0 Å². The van der Waals surface area contributed by atoms with Gasteiger partial charge >= 0.3 is 0 Å². The minimum absolute atomic E-state index is 0.379. The van der Waals surface area contributed by atoms with Gasteiger partial charge in [0.25, 0.3) is 0 Å². The standard InChI is InChI=1S/C16H20N4/c1-12(2)11-20-16(15(10-17)18-19-20)9-8-14-6-4-13(3)5-7-14/h4-9H,1,10-11,17H2,2-3H3/b9-8+. The Bertz CT molecular complexity index is 620. The van der Waals surface area contributed by atoms with Crippen LogP contribution in [0.4, 0.5) is 0 Å². The average Bonchev–Trinajstić information content (AvgIpc) is 2.79. The molecule has 0 bridgehead atoms. The number of nitrogens with zero attached hydrogens (tertiary/aromatic N) is 3. The zero-order valence-corrected chi connectivity index (χ0v) is 12.0. The van der Waals surface area contributed by atoms with Gasteiger partial charge in [0, 0.05) is 6.54 Å². The van der Waals surface area contributed by atoms with E-state index in [0.717, 1.165) is 22.5 Å². The number of benzene rings is 1. The van der Waals surface area contributed by atoms with Crippen molar-refractivity contribution in [3.63, 3.8) is 0 Å². The minimum atomic E-state index is 0.379. The fourth-order valence-electron chi connectivity index (χ4n) is 1.91. The maximum atomic E-state index is 5.71. The molecule has 20 heavy (non-hydrogen) atoms. The summed E-state index contributed by atoms with van der Waals surface area (Å²) in [6.45, 7) is 8.99. The molecule has 0 aliphatic rings. The van der Waals surface area contributed by atoms with Crippen LogP contribution in [0.3, 0.4) is 0 Å². The van der Waals surface area contributed by atoms with Gasteiger partial charge in [-0.05, 0) is 25.5 Å². The van der Waals surface area contributed by atoms with Crippen LogP contribution in [0.15, 0.2) is 36.4 Å². The van der Waals surface area contributed by atoms with Crippen LogP contribution in [0.1, 0.15) is 29.4 Å². The van der Waals surface area contributed by atoms with E-state index < -0.39 is 0 Å². The zero-order chi connectivity index (χ0) is 14.5. The van der Waals surface area contributed by atoms with Gasteiger partial charge in [-0.1, -0.05) is 53.3 Å². The van der Waals surface area contributed by atoms with Gasteiger partial charge in [0.05, 0.1) is 12.2 Å². The lowest BCUT2D eigenvalue weighted by molar-refractivity contribution is 0.638. The summed E-state index contributed by atoms with van der Waals surface area (Å²) in [7, 11) is 0. The van der Waals surface area contributed by atoms with Crippen LogP contribution >= 0.6 is 0 Å². The Balaban J connectivity index is 2.28. The molecule has 0 aliphatic carbocycles. The second kappa shape index (κ2) is 6.30. The minimum Gasteiger partial charge on any atom is -0.325 e. The van der Waals surface area contributed by atoms with Gasteiger partial charge in [0.15, 0.2) is 0 Å². The highest BCUT2D eigenvalue weighted by Crippen LogP contribution is 2.13. The molecular weight excluding hydrogens is 248 g/mol. The van der Waals surface area contributed by atoms with Gasteiger partial charge in [0.1, 0.15) is 5.69 Å². The largest absolute Gasteiger partial charge is 0.325 e. The van der Waals surface area contributed by atoms with Crippen LogP contribution in [0, 0.1) is 6.92 Å². The second-order valence-electron chi connectivity index (χ2n) is 4.98. The molecule has 2 N–H and O–H groups in total. The smallest absolute Gasteiger partial charge is 0.104 e. The van der Waals surface area contributed by atoms with Crippen molar-refractivity contribution in [2.75, 3.05) is 0 Å². The van der Waals surface area contributed by atoms with E-state index in [-0.39, 0.29) is 0 Å². The first-order chi connectivity index (χ1) is 9.60. The first-order valence-corrected chi connectivity index (χ1v) is 6.61. The Kier molecular flexibility index (Phi) is 4.48. The molecule has 1 aromatic carbocycles. The van der Waals surface area contributed by atoms with Gasteiger partial charge in [-0.3, -0.25) is 0 Å². The molecule has 0 saturated carbocycles. The third kappa shape index (κ3) is 3.42. The maximum absolute atomic E-state index is 5.71. The lowest BCUT2D eigenvalue weighted by Crippen LogP contribution is -2.05. The van der Waals surface area contributed by atoms with Gasteiger partial charge in [-0.2, -0.15) is 0 Å². The van der Waals surface area contributed by atoms with Crippen molar-refractivity contribution in [1.29, 1.82) is 0 Å². The lowest BCUT2D eigenvalue weighted by atomic mass is 10.1.